The number of thiazole rings is 1. The molecule has 2 aromatic heterocycles. The zero-order chi connectivity index (χ0) is 25.0. The molecule has 2 aromatic carbocycles. The van der Waals surface area contributed by atoms with Crippen molar-refractivity contribution in [3.8, 4) is 17.2 Å². The Labute approximate surface area is 208 Å². The lowest BCUT2D eigenvalue weighted by Gasteiger charge is -2.20. The SMILES string of the molecule is CCCCN(CC)S(=O)(=O)c1ccc(C(=O)Nc2nc(-c3cc4cccc(OC)c4o3)cs2)cc1. The highest BCUT2D eigenvalue weighted by Gasteiger charge is 2.23. The summed E-state index contributed by atoms with van der Waals surface area (Å²) in [5.74, 6) is 0.828. The predicted molar refractivity (Wildman–Crippen MR) is 138 cm³/mol. The highest BCUT2D eigenvalue weighted by atomic mass is 32.2. The monoisotopic (exact) mass is 513 g/mol. The number of anilines is 1. The number of para-hydroxylation sites is 1. The van der Waals surface area contributed by atoms with Gasteiger partial charge in [-0.05, 0) is 42.8 Å². The third-order valence-corrected chi connectivity index (χ3v) is 8.32. The number of amides is 1. The summed E-state index contributed by atoms with van der Waals surface area (Å²) in [5.41, 5.74) is 1.57. The number of sulfonamides is 1. The highest BCUT2D eigenvalue weighted by molar-refractivity contribution is 7.89. The van der Waals surface area contributed by atoms with Crippen molar-refractivity contribution in [3.05, 3.63) is 59.5 Å². The number of furan rings is 1. The van der Waals surface area contributed by atoms with Crippen LogP contribution in [-0.4, -0.2) is 43.8 Å². The van der Waals surface area contributed by atoms with Gasteiger partial charge in [0.05, 0.1) is 12.0 Å². The van der Waals surface area contributed by atoms with Crippen molar-refractivity contribution in [3.63, 3.8) is 0 Å². The van der Waals surface area contributed by atoms with E-state index in [0.29, 0.717) is 46.6 Å². The molecule has 0 atom stereocenters. The van der Waals surface area contributed by atoms with E-state index in [2.05, 4.69) is 10.3 Å². The minimum absolute atomic E-state index is 0.170. The molecule has 8 nitrogen and oxygen atoms in total. The van der Waals surface area contributed by atoms with E-state index in [-0.39, 0.29) is 10.8 Å². The molecule has 4 aromatic rings. The number of carbonyl (C=O) groups is 1. The van der Waals surface area contributed by atoms with Gasteiger partial charge in [0.2, 0.25) is 10.0 Å². The fourth-order valence-corrected chi connectivity index (χ4v) is 5.83. The van der Waals surface area contributed by atoms with Crippen LogP contribution in [0.1, 0.15) is 37.0 Å². The molecule has 1 amide bonds. The molecule has 4 rings (SSSR count). The smallest absolute Gasteiger partial charge is 0.257 e. The topological polar surface area (TPSA) is 102 Å². The summed E-state index contributed by atoms with van der Waals surface area (Å²) in [7, 11) is -2.01. The van der Waals surface area contributed by atoms with Crippen molar-refractivity contribution < 1.29 is 22.4 Å². The summed E-state index contributed by atoms with van der Waals surface area (Å²) in [5, 5.41) is 5.86. The molecule has 0 fully saturated rings. The van der Waals surface area contributed by atoms with Crippen LogP contribution in [0.25, 0.3) is 22.4 Å². The summed E-state index contributed by atoms with van der Waals surface area (Å²) < 4.78 is 38.5. The van der Waals surface area contributed by atoms with Crippen LogP contribution in [0.3, 0.4) is 0 Å². The van der Waals surface area contributed by atoms with Crippen LogP contribution in [0.4, 0.5) is 5.13 Å². The van der Waals surface area contributed by atoms with Gasteiger partial charge in [-0.1, -0.05) is 32.4 Å². The highest BCUT2D eigenvalue weighted by Crippen LogP contribution is 2.34. The molecule has 0 aliphatic heterocycles. The van der Waals surface area contributed by atoms with Gasteiger partial charge in [0.25, 0.3) is 5.91 Å². The Morgan fingerprint density at radius 1 is 1.17 bits per heavy atom. The third-order valence-electron chi connectivity index (χ3n) is 5.57. The number of carbonyl (C=O) groups excluding carboxylic acids is 1. The summed E-state index contributed by atoms with van der Waals surface area (Å²) in [6.07, 6.45) is 1.71. The van der Waals surface area contributed by atoms with Crippen LogP contribution in [0.5, 0.6) is 5.75 Å². The van der Waals surface area contributed by atoms with Gasteiger partial charge in [-0.2, -0.15) is 4.31 Å². The molecular formula is C25H27N3O5S2. The molecule has 0 bridgehead atoms. The number of hydrogen-bond donors (Lipinski definition) is 1. The molecule has 184 valence electrons. The number of benzene rings is 2. The molecule has 0 saturated heterocycles. The molecule has 0 unspecified atom stereocenters. The van der Waals surface area contributed by atoms with Gasteiger partial charge in [0, 0.05) is 29.4 Å². The van der Waals surface area contributed by atoms with E-state index in [1.54, 1.807) is 12.5 Å². The number of ether oxygens (including phenoxy) is 1. The minimum Gasteiger partial charge on any atom is -0.493 e. The molecule has 10 heteroatoms. The van der Waals surface area contributed by atoms with Crippen LogP contribution in [0.15, 0.2) is 63.2 Å². The maximum atomic E-state index is 12.9. The van der Waals surface area contributed by atoms with Crippen LogP contribution in [0.2, 0.25) is 0 Å². The Bertz CT molecular complexity index is 1430. The summed E-state index contributed by atoms with van der Waals surface area (Å²) in [4.78, 5) is 17.4. The second kappa shape index (κ2) is 10.6. The minimum atomic E-state index is -3.60. The van der Waals surface area contributed by atoms with Crippen molar-refractivity contribution in [2.45, 2.75) is 31.6 Å². The first-order chi connectivity index (χ1) is 16.9. The Morgan fingerprint density at radius 3 is 2.63 bits per heavy atom. The van der Waals surface area contributed by atoms with E-state index in [4.69, 9.17) is 9.15 Å². The van der Waals surface area contributed by atoms with Crippen LogP contribution in [-0.2, 0) is 10.0 Å². The first kappa shape index (κ1) is 24.9. The number of unbranched alkanes of at least 4 members (excludes halogenated alkanes) is 1. The van der Waals surface area contributed by atoms with Crippen molar-refractivity contribution in [2.75, 3.05) is 25.5 Å². The molecule has 1 N–H and O–H groups in total. The van der Waals surface area contributed by atoms with Crippen molar-refractivity contribution in [1.82, 2.24) is 9.29 Å². The number of nitrogens with one attached hydrogen (secondary N) is 1. The molecule has 0 saturated carbocycles. The Morgan fingerprint density at radius 2 is 1.94 bits per heavy atom. The number of rotatable bonds is 10. The average Bonchev–Trinajstić information content (AvgIpc) is 3.51. The number of aromatic nitrogens is 1. The fraction of sp³-hybridized carbons (Fsp3) is 0.280. The van der Waals surface area contributed by atoms with Crippen LogP contribution in [0, 0.1) is 0 Å². The average molecular weight is 514 g/mol. The summed E-state index contributed by atoms with van der Waals surface area (Å²) >= 11 is 1.27. The molecule has 0 aliphatic rings. The van der Waals surface area contributed by atoms with Crippen molar-refractivity contribution in [1.29, 1.82) is 0 Å². The van der Waals surface area contributed by atoms with Gasteiger partial charge in [0.1, 0.15) is 5.69 Å². The number of fused-ring (bicyclic) bond motifs is 1. The van der Waals surface area contributed by atoms with E-state index in [9.17, 15) is 13.2 Å². The fourth-order valence-electron chi connectivity index (χ4n) is 3.65. The van der Waals surface area contributed by atoms with Gasteiger partial charge in [-0.3, -0.25) is 10.1 Å². The zero-order valence-corrected chi connectivity index (χ0v) is 21.4. The van der Waals surface area contributed by atoms with E-state index >= 15 is 0 Å². The number of methoxy groups -OCH3 is 1. The van der Waals surface area contributed by atoms with Gasteiger partial charge in [-0.25, -0.2) is 13.4 Å². The number of hydrogen-bond acceptors (Lipinski definition) is 7. The quantitative estimate of drug-likeness (QED) is 0.295. The van der Waals surface area contributed by atoms with E-state index in [0.717, 1.165) is 18.2 Å². The lowest BCUT2D eigenvalue weighted by atomic mass is 10.2. The van der Waals surface area contributed by atoms with Crippen molar-refractivity contribution >= 4 is 43.4 Å². The lowest BCUT2D eigenvalue weighted by Crippen LogP contribution is -2.31. The van der Waals surface area contributed by atoms with Gasteiger partial charge in [-0.15, -0.1) is 11.3 Å². The largest absolute Gasteiger partial charge is 0.493 e. The first-order valence-electron chi connectivity index (χ1n) is 11.3. The normalized spacial score (nSPS) is 11.8. The Hall–Kier alpha value is -3.21. The van der Waals surface area contributed by atoms with Crippen LogP contribution >= 0.6 is 11.3 Å². The molecule has 35 heavy (non-hydrogen) atoms. The Balaban J connectivity index is 1.47. The second-order valence-electron chi connectivity index (χ2n) is 7.86. The maximum absolute atomic E-state index is 12.9. The lowest BCUT2D eigenvalue weighted by molar-refractivity contribution is 0.102. The van der Waals surface area contributed by atoms with E-state index in [1.165, 1.54) is 39.9 Å². The first-order valence-corrected chi connectivity index (χ1v) is 13.6. The standard InChI is InChI=1S/C25H27N3O5S2/c1-4-6-14-28(5-2)35(30,31)19-12-10-17(11-13-19)24(29)27-25-26-20(16-34-25)22-15-18-8-7-9-21(32-3)23(18)33-22/h7-13,15-16H,4-6,14H2,1-3H3,(H,26,27,29). The van der Waals surface area contributed by atoms with Gasteiger partial charge >= 0.3 is 0 Å². The van der Waals surface area contributed by atoms with E-state index < -0.39 is 10.0 Å². The van der Waals surface area contributed by atoms with Gasteiger partial charge < -0.3 is 9.15 Å². The molecule has 2 heterocycles. The number of nitrogens with zero attached hydrogens (tertiary/aromatic N) is 2. The summed E-state index contributed by atoms with van der Waals surface area (Å²) in [6.45, 7) is 4.71. The Kier molecular flexibility index (Phi) is 7.54. The molecule has 0 spiro atoms. The molecular weight excluding hydrogens is 486 g/mol. The van der Waals surface area contributed by atoms with Gasteiger partial charge in [0.15, 0.2) is 22.2 Å². The second-order valence-corrected chi connectivity index (χ2v) is 10.7. The summed E-state index contributed by atoms with van der Waals surface area (Å²) in [6, 6.07) is 13.5. The van der Waals surface area contributed by atoms with E-state index in [1.807, 2.05) is 38.1 Å². The maximum Gasteiger partial charge on any atom is 0.257 e. The molecule has 0 aliphatic carbocycles. The third kappa shape index (κ3) is 5.24. The molecule has 0 radical (unpaired) electrons. The zero-order valence-electron chi connectivity index (χ0n) is 19.8. The van der Waals surface area contributed by atoms with Crippen molar-refractivity contribution in [2.24, 2.45) is 0 Å². The van der Waals surface area contributed by atoms with Crippen LogP contribution < -0.4 is 10.1 Å². The predicted octanol–water partition coefficient (Wildman–Crippen LogP) is 5.63.